The van der Waals surface area contributed by atoms with Crippen LogP contribution in [-0.4, -0.2) is 47.4 Å². The van der Waals surface area contributed by atoms with E-state index in [0.717, 1.165) is 16.7 Å². The highest BCUT2D eigenvalue weighted by atomic mass is 31.2. The topological polar surface area (TPSA) is 107 Å². The molecule has 0 amide bonds. The second kappa shape index (κ2) is 16.0. The summed E-state index contributed by atoms with van der Waals surface area (Å²) >= 11 is 0. The SMILES string of the molecule is COc1ccc(C(c2ccccc2)(c2ccc(OC)cc2)c2c(CO)cccc2OP(O)NC(CC#N)N(C(C)C)C(C)C)cc1. The molecule has 4 rings (SSSR count). The first kappa shape index (κ1) is 34.9. The van der Waals surface area contributed by atoms with Gasteiger partial charge in [-0.3, -0.25) is 4.90 Å². The molecule has 4 aromatic rings. The fourth-order valence-corrected chi connectivity index (χ4v) is 7.25. The van der Waals surface area contributed by atoms with Crippen molar-refractivity contribution in [1.29, 1.82) is 5.26 Å². The molecule has 8 nitrogen and oxygen atoms in total. The lowest BCUT2D eigenvalue weighted by Gasteiger charge is -2.40. The van der Waals surface area contributed by atoms with Gasteiger partial charge < -0.3 is 24.0 Å². The lowest BCUT2D eigenvalue weighted by atomic mass is 9.63. The van der Waals surface area contributed by atoms with Crippen LogP contribution in [0.15, 0.2) is 97.1 Å². The fraction of sp³-hybridized carbons (Fsp3) is 0.324. The van der Waals surface area contributed by atoms with Crippen LogP contribution in [0.1, 0.15) is 61.9 Å². The lowest BCUT2D eigenvalue weighted by Crippen LogP contribution is -2.50. The van der Waals surface area contributed by atoms with Crippen molar-refractivity contribution in [3.8, 4) is 23.3 Å². The van der Waals surface area contributed by atoms with E-state index in [0.29, 0.717) is 28.4 Å². The molecule has 0 aliphatic rings. The Morgan fingerprint density at radius 3 is 1.76 bits per heavy atom. The third kappa shape index (κ3) is 7.36. The highest BCUT2D eigenvalue weighted by molar-refractivity contribution is 7.44. The van der Waals surface area contributed by atoms with Crippen molar-refractivity contribution in [3.05, 3.63) is 125 Å². The molecule has 0 aromatic heterocycles. The number of nitriles is 1. The quantitative estimate of drug-likeness (QED) is 0.0716. The van der Waals surface area contributed by atoms with Gasteiger partial charge in [0.25, 0.3) is 0 Å². The zero-order valence-corrected chi connectivity index (χ0v) is 28.2. The summed E-state index contributed by atoms with van der Waals surface area (Å²) in [4.78, 5) is 13.7. The van der Waals surface area contributed by atoms with Crippen LogP contribution in [0.2, 0.25) is 0 Å². The van der Waals surface area contributed by atoms with Gasteiger partial charge in [0, 0.05) is 17.6 Å². The average molecular weight is 642 g/mol. The van der Waals surface area contributed by atoms with Crippen molar-refractivity contribution in [2.75, 3.05) is 14.2 Å². The van der Waals surface area contributed by atoms with Gasteiger partial charge in [-0.1, -0.05) is 66.7 Å². The summed E-state index contributed by atoms with van der Waals surface area (Å²) in [6.07, 6.45) is -0.276. The Morgan fingerprint density at radius 1 is 0.783 bits per heavy atom. The number of ether oxygens (including phenoxy) is 2. The van der Waals surface area contributed by atoms with E-state index in [1.165, 1.54) is 0 Å². The Morgan fingerprint density at radius 2 is 1.30 bits per heavy atom. The van der Waals surface area contributed by atoms with E-state index in [4.69, 9.17) is 14.0 Å². The number of nitrogens with zero attached hydrogens (tertiary/aromatic N) is 2. The Labute approximate surface area is 274 Å². The number of hydrogen-bond acceptors (Lipinski definition) is 8. The molecule has 0 radical (unpaired) electrons. The number of aliphatic hydroxyl groups is 1. The molecule has 0 aliphatic heterocycles. The highest BCUT2D eigenvalue weighted by Crippen LogP contribution is 2.52. The summed E-state index contributed by atoms with van der Waals surface area (Å²) in [6, 6.07) is 33.8. The van der Waals surface area contributed by atoms with Crippen LogP contribution in [0.5, 0.6) is 17.2 Å². The Kier molecular flexibility index (Phi) is 12.2. The van der Waals surface area contributed by atoms with Gasteiger partial charge in [0.05, 0.1) is 44.9 Å². The molecule has 0 heterocycles. The Bertz CT molecular complexity index is 1520. The molecule has 46 heavy (non-hydrogen) atoms. The number of benzene rings is 4. The van der Waals surface area contributed by atoms with E-state index in [2.05, 4.69) is 55.9 Å². The second-order valence-corrected chi connectivity index (χ2v) is 12.5. The van der Waals surface area contributed by atoms with Crippen molar-refractivity contribution in [3.63, 3.8) is 0 Å². The zero-order valence-electron chi connectivity index (χ0n) is 27.3. The van der Waals surface area contributed by atoms with Crippen molar-refractivity contribution in [2.24, 2.45) is 0 Å². The van der Waals surface area contributed by atoms with Crippen molar-refractivity contribution in [2.45, 2.75) is 64.4 Å². The second-order valence-electron chi connectivity index (χ2n) is 11.5. The van der Waals surface area contributed by atoms with Gasteiger partial charge in [0.15, 0.2) is 0 Å². The third-order valence-electron chi connectivity index (χ3n) is 8.19. The third-order valence-corrected chi connectivity index (χ3v) is 9.08. The van der Waals surface area contributed by atoms with E-state index in [9.17, 15) is 15.3 Å². The summed E-state index contributed by atoms with van der Waals surface area (Å²) in [5.41, 5.74) is 3.05. The maximum absolute atomic E-state index is 11.5. The van der Waals surface area contributed by atoms with Crippen molar-refractivity contribution in [1.82, 2.24) is 9.99 Å². The lowest BCUT2D eigenvalue weighted by molar-refractivity contribution is 0.105. The monoisotopic (exact) mass is 641 g/mol. The molecule has 2 unspecified atom stereocenters. The average Bonchev–Trinajstić information content (AvgIpc) is 3.06. The number of rotatable bonds is 15. The van der Waals surface area contributed by atoms with E-state index in [1.54, 1.807) is 14.2 Å². The van der Waals surface area contributed by atoms with Gasteiger partial charge in [-0.25, -0.2) is 5.09 Å². The largest absolute Gasteiger partial charge is 0.497 e. The summed E-state index contributed by atoms with van der Waals surface area (Å²) in [5.74, 6) is 1.82. The number of nitrogens with one attached hydrogen (secondary N) is 1. The van der Waals surface area contributed by atoms with Crippen LogP contribution < -0.4 is 19.1 Å². The minimum absolute atomic E-state index is 0.124. The maximum atomic E-state index is 11.5. The number of aliphatic hydroxyl groups excluding tert-OH is 1. The van der Waals surface area contributed by atoms with Crippen LogP contribution in [0.4, 0.5) is 0 Å². The first-order valence-corrected chi connectivity index (χ1v) is 16.6. The van der Waals surface area contributed by atoms with E-state index in [1.807, 2.05) is 84.9 Å². The summed E-state index contributed by atoms with van der Waals surface area (Å²) in [6.45, 7) is 7.98. The van der Waals surface area contributed by atoms with Gasteiger partial charge in [-0.2, -0.15) is 5.26 Å². The molecular formula is C37H44N3O5P. The molecule has 4 aromatic carbocycles. The standard InChI is InChI=1S/C37H44N3O5P/c1-26(2)40(27(3)4)35(23-24-38)39-46(42)45-34-14-10-11-28(25-41)36(34)37(29-12-8-7-9-13-29,30-15-19-32(43-5)20-16-30)31-17-21-33(44-6)22-18-31/h7-22,26-27,35,39,41-42H,23,25H2,1-6H3. The Hall–Kier alpha value is -3.96. The fourth-order valence-electron chi connectivity index (χ4n) is 6.38. The Balaban J connectivity index is 1.98. The molecule has 3 N–H and O–H groups in total. The van der Waals surface area contributed by atoms with E-state index in [-0.39, 0.29) is 25.1 Å². The molecule has 0 fully saturated rings. The molecule has 242 valence electrons. The normalized spacial score (nSPS) is 13.0. The molecule has 0 spiro atoms. The van der Waals surface area contributed by atoms with Crippen LogP contribution in [0, 0.1) is 11.3 Å². The predicted octanol–water partition coefficient (Wildman–Crippen LogP) is 7.12. The zero-order chi connectivity index (χ0) is 33.3. The predicted molar refractivity (Wildman–Crippen MR) is 183 cm³/mol. The first-order chi connectivity index (χ1) is 22.2. The molecule has 9 heteroatoms. The maximum Gasteiger partial charge on any atom is 0.316 e. The van der Waals surface area contributed by atoms with Crippen molar-refractivity contribution >= 4 is 8.53 Å². The van der Waals surface area contributed by atoms with Crippen molar-refractivity contribution < 1.29 is 24.0 Å². The molecule has 0 saturated carbocycles. The van der Waals surface area contributed by atoms with Crippen LogP contribution >= 0.6 is 8.53 Å². The molecule has 0 bridgehead atoms. The summed E-state index contributed by atoms with van der Waals surface area (Å²) in [5, 5.41) is 23.7. The molecule has 0 saturated heterocycles. The minimum Gasteiger partial charge on any atom is -0.497 e. The smallest absolute Gasteiger partial charge is 0.316 e. The summed E-state index contributed by atoms with van der Waals surface area (Å²) < 4.78 is 17.5. The van der Waals surface area contributed by atoms with Gasteiger partial charge >= 0.3 is 8.53 Å². The van der Waals surface area contributed by atoms with Crippen LogP contribution in [0.3, 0.4) is 0 Å². The highest BCUT2D eigenvalue weighted by Gasteiger charge is 2.43. The van der Waals surface area contributed by atoms with Crippen LogP contribution in [-0.2, 0) is 12.0 Å². The molecule has 2 atom stereocenters. The summed E-state index contributed by atoms with van der Waals surface area (Å²) in [7, 11) is 1.00. The van der Waals surface area contributed by atoms with E-state index < -0.39 is 20.1 Å². The van der Waals surface area contributed by atoms with Crippen LogP contribution in [0.25, 0.3) is 0 Å². The van der Waals surface area contributed by atoms with Gasteiger partial charge in [0.2, 0.25) is 0 Å². The minimum atomic E-state index is -2.26. The number of methoxy groups -OCH3 is 2. The van der Waals surface area contributed by atoms with Gasteiger partial charge in [-0.05, 0) is 80.3 Å². The van der Waals surface area contributed by atoms with Gasteiger partial charge in [0.1, 0.15) is 17.2 Å². The number of hydrogen-bond donors (Lipinski definition) is 3. The molecule has 0 aliphatic carbocycles. The molecular weight excluding hydrogens is 597 g/mol. The van der Waals surface area contributed by atoms with Gasteiger partial charge in [-0.15, -0.1) is 0 Å². The first-order valence-electron chi connectivity index (χ1n) is 15.4. The van der Waals surface area contributed by atoms with E-state index >= 15 is 0 Å².